The molecule has 1 aromatic rings. The van der Waals surface area contributed by atoms with E-state index in [1.165, 1.54) is 6.07 Å². The Kier molecular flexibility index (Phi) is 2.00. The van der Waals surface area contributed by atoms with E-state index in [0.29, 0.717) is 0 Å². The Morgan fingerprint density at radius 1 is 1.64 bits per heavy atom. The number of aromatic nitrogens is 1. The molecule has 58 valence electrons. The number of carbonyl (C=O) groups excluding carboxylic acids is 1. The first kappa shape index (κ1) is 7.46. The Hall–Kier alpha value is -1.65. The van der Waals surface area contributed by atoms with Crippen LogP contribution in [0.3, 0.4) is 0 Å². The summed E-state index contributed by atoms with van der Waals surface area (Å²) in [6.07, 6.45) is 1.02. The molecule has 0 radical (unpaired) electrons. The first-order chi connectivity index (χ1) is 5.24. The SMILES string of the molecule is O=C(OF)c1ccc(O)cn1. The Balaban J connectivity index is 2.90. The second kappa shape index (κ2) is 2.96. The molecule has 0 atom stereocenters. The Labute approximate surface area is 61.2 Å². The molecular weight excluding hydrogens is 153 g/mol. The number of rotatable bonds is 1. The van der Waals surface area contributed by atoms with Crippen molar-refractivity contribution < 1.29 is 19.4 Å². The second-order valence-corrected chi connectivity index (χ2v) is 1.77. The van der Waals surface area contributed by atoms with E-state index < -0.39 is 5.97 Å². The molecule has 0 aliphatic rings. The van der Waals surface area contributed by atoms with Gasteiger partial charge in [0.25, 0.3) is 0 Å². The molecule has 0 saturated heterocycles. The van der Waals surface area contributed by atoms with Gasteiger partial charge in [0.1, 0.15) is 5.75 Å². The van der Waals surface area contributed by atoms with Crippen LogP contribution in [0.15, 0.2) is 18.3 Å². The van der Waals surface area contributed by atoms with Crippen LogP contribution in [-0.4, -0.2) is 16.1 Å². The van der Waals surface area contributed by atoms with E-state index >= 15 is 0 Å². The van der Waals surface area contributed by atoms with Gasteiger partial charge in [-0.2, -0.15) is 0 Å². The van der Waals surface area contributed by atoms with Crippen molar-refractivity contribution >= 4 is 5.97 Å². The summed E-state index contributed by atoms with van der Waals surface area (Å²) in [7, 11) is 0. The number of halogens is 1. The summed E-state index contributed by atoms with van der Waals surface area (Å²) in [6.45, 7) is 0. The fourth-order valence-electron chi connectivity index (χ4n) is 0.546. The third-order valence-electron chi connectivity index (χ3n) is 1.03. The molecule has 0 aliphatic heterocycles. The highest BCUT2D eigenvalue weighted by Crippen LogP contribution is 2.06. The van der Waals surface area contributed by atoms with Crippen molar-refractivity contribution in [2.24, 2.45) is 0 Å². The van der Waals surface area contributed by atoms with Crippen LogP contribution >= 0.6 is 0 Å². The normalized spacial score (nSPS) is 9.18. The Morgan fingerprint density at radius 3 is 2.82 bits per heavy atom. The first-order valence-electron chi connectivity index (χ1n) is 2.72. The summed E-state index contributed by atoms with van der Waals surface area (Å²) >= 11 is 0. The zero-order chi connectivity index (χ0) is 8.27. The number of aromatic hydroxyl groups is 1. The van der Waals surface area contributed by atoms with Gasteiger partial charge in [0, 0.05) is 4.53 Å². The molecule has 0 amide bonds. The third-order valence-corrected chi connectivity index (χ3v) is 1.03. The van der Waals surface area contributed by atoms with Gasteiger partial charge >= 0.3 is 5.97 Å². The van der Waals surface area contributed by atoms with E-state index in [0.717, 1.165) is 12.3 Å². The minimum atomic E-state index is -1.18. The lowest BCUT2D eigenvalue weighted by molar-refractivity contribution is -0.0793. The lowest BCUT2D eigenvalue weighted by atomic mass is 10.3. The van der Waals surface area contributed by atoms with Crippen LogP contribution in [0.4, 0.5) is 4.53 Å². The van der Waals surface area contributed by atoms with Crippen LogP contribution < -0.4 is 0 Å². The van der Waals surface area contributed by atoms with Gasteiger partial charge in [0.2, 0.25) is 0 Å². The van der Waals surface area contributed by atoms with Crippen LogP contribution in [0.25, 0.3) is 0 Å². The van der Waals surface area contributed by atoms with Crippen LogP contribution in [0.2, 0.25) is 0 Å². The van der Waals surface area contributed by atoms with E-state index in [1.807, 2.05) is 0 Å². The maximum absolute atomic E-state index is 11.2. The molecule has 11 heavy (non-hydrogen) atoms. The van der Waals surface area contributed by atoms with E-state index in [2.05, 4.69) is 9.93 Å². The molecule has 0 aromatic carbocycles. The zero-order valence-corrected chi connectivity index (χ0v) is 5.32. The van der Waals surface area contributed by atoms with E-state index in [1.54, 1.807) is 0 Å². The van der Waals surface area contributed by atoms with Gasteiger partial charge < -0.3 is 5.11 Å². The monoisotopic (exact) mass is 157 g/mol. The minimum absolute atomic E-state index is 0.0968. The van der Waals surface area contributed by atoms with Crippen LogP contribution in [-0.2, 0) is 4.94 Å². The number of nitrogens with zero attached hydrogens (tertiary/aromatic N) is 1. The predicted octanol–water partition coefficient (Wildman–Crippen LogP) is 0.829. The van der Waals surface area contributed by atoms with Gasteiger partial charge in [-0.05, 0) is 12.1 Å². The molecule has 0 spiro atoms. The highest BCUT2D eigenvalue weighted by atomic mass is 19.3. The van der Waals surface area contributed by atoms with Gasteiger partial charge in [-0.1, -0.05) is 0 Å². The standard InChI is InChI=1S/C6H4FNO3/c7-11-6(10)5-2-1-4(9)3-8-5/h1-3,9H. The summed E-state index contributed by atoms with van der Waals surface area (Å²) in [6, 6.07) is 2.36. The molecule has 4 nitrogen and oxygen atoms in total. The van der Waals surface area contributed by atoms with E-state index in [4.69, 9.17) is 5.11 Å². The van der Waals surface area contributed by atoms with Gasteiger partial charge in [-0.25, -0.2) is 14.7 Å². The zero-order valence-electron chi connectivity index (χ0n) is 5.32. The molecule has 1 rings (SSSR count). The van der Waals surface area contributed by atoms with Crippen molar-refractivity contribution in [2.45, 2.75) is 0 Å². The van der Waals surface area contributed by atoms with Crippen molar-refractivity contribution in [3.63, 3.8) is 0 Å². The van der Waals surface area contributed by atoms with Gasteiger partial charge in [0.05, 0.1) is 6.20 Å². The van der Waals surface area contributed by atoms with Gasteiger partial charge in [-0.15, -0.1) is 0 Å². The molecule has 0 bridgehead atoms. The second-order valence-electron chi connectivity index (χ2n) is 1.77. The largest absolute Gasteiger partial charge is 0.506 e. The summed E-state index contributed by atoms with van der Waals surface area (Å²) in [4.78, 5) is 16.7. The Bertz CT molecular complexity index is 259. The van der Waals surface area contributed by atoms with Crippen LogP contribution in [0, 0.1) is 0 Å². The molecule has 1 N–H and O–H groups in total. The molecule has 0 unspecified atom stereocenters. The quantitative estimate of drug-likeness (QED) is 0.655. The third kappa shape index (κ3) is 1.64. The summed E-state index contributed by atoms with van der Waals surface area (Å²) in [5.41, 5.74) is -0.190. The number of pyridine rings is 1. The fraction of sp³-hybridized carbons (Fsp3) is 0. The molecule has 0 fully saturated rings. The van der Waals surface area contributed by atoms with Gasteiger partial charge in [0.15, 0.2) is 5.69 Å². The fourth-order valence-corrected chi connectivity index (χ4v) is 0.546. The summed E-state index contributed by atoms with van der Waals surface area (Å²) in [5, 5.41) is 8.70. The lowest BCUT2D eigenvalue weighted by Crippen LogP contribution is -2.00. The summed E-state index contributed by atoms with van der Waals surface area (Å²) < 4.78 is 11.2. The van der Waals surface area contributed by atoms with Crippen molar-refractivity contribution in [3.05, 3.63) is 24.0 Å². The minimum Gasteiger partial charge on any atom is -0.506 e. The number of hydrogen-bond donors (Lipinski definition) is 1. The lowest BCUT2D eigenvalue weighted by Gasteiger charge is -1.92. The number of hydrogen-bond acceptors (Lipinski definition) is 4. The average Bonchev–Trinajstić information content (AvgIpc) is 2.05. The van der Waals surface area contributed by atoms with Crippen molar-refractivity contribution in [3.8, 4) is 5.75 Å². The maximum Gasteiger partial charge on any atom is 0.397 e. The smallest absolute Gasteiger partial charge is 0.397 e. The number of carbonyl (C=O) groups is 1. The molecule has 1 aromatic heterocycles. The van der Waals surface area contributed by atoms with E-state index in [9.17, 15) is 9.32 Å². The van der Waals surface area contributed by atoms with Crippen molar-refractivity contribution in [1.82, 2.24) is 4.98 Å². The topological polar surface area (TPSA) is 59.4 Å². The van der Waals surface area contributed by atoms with Crippen LogP contribution in [0.1, 0.15) is 10.5 Å². The average molecular weight is 157 g/mol. The van der Waals surface area contributed by atoms with Crippen molar-refractivity contribution in [2.75, 3.05) is 0 Å². The highest BCUT2D eigenvalue weighted by Gasteiger charge is 2.07. The predicted molar refractivity (Wildman–Crippen MR) is 32.4 cm³/mol. The Morgan fingerprint density at radius 2 is 2.36 bits per heavy atom. The van der Waals surface area contributed by atoms with Gasteiger partial charge in [-0.3, -0.25) is 0 Å². The molecule has 1 heterocycles. The summed E-state index contributed by atoms with van der Waals surface area (Å²) in [5.74, 6) is -1.27. The molecule has 0 aliphatic carbocycles. The first-order valence-corrected chi connectivity index (χ1v) is 2.72. The maximum atomic E-state index is 11.2. The molecule has 5 heteroatoms. The van der Waals surface area contributed by atoms with Crippen LogP contribution in [0.5, 0.6) is 5.75 Å². The molecular formula is C6H4FNO3. The van der Waals surface area contributed by atoms with Crippen molar-refractivity contribution in [1.29, 1.82) is 0 Å². The highest BCUT2D eigenvalue weighted by molar-refractivity contribution is 5.86. The van der Waals surface area contributed by atoms with E-state index in [-0.39, 0.29) is 11.4 Å². The molecule has 0 saturated carbocycles.